The van der Waals surface area contributed by atoms with Gasteiger partial charge in [-0.3, -0.25) is 0 Å². The summed E-state index contributed by atoms with van der Waals surface area (Å²) in [6, 6.07) is 5.76. The summed E-state index contributed by atoms with van der Waals surface area (Å²) in [4.78, 5) is 8.29. The van der Waals surface area contributed by atoms with Crippen molar-refractivity contribution in [1.82, 2.24) is 15.1 Å². The van der Waals surface area contributed by atoms with Gasteiger partial charge < -0.3 is 9.84 Å². The first-order valence-corrected chi connectivity index (χ1v) is 5.60. The Morgan fingerprint density at radius 3 is 2.83 bits per heavy atom. The predicted molar refractivity (Wildman–Crippen MR) is 64.9 cm³/mol. The summed E-state index contributed by atoms with van der Waals surface area (Å²) >= 11 is 0. The molecule has 0 saturated carbocycles. The molecule has 0 fully saturated rings. The summed E-state index contributed by atoms with van der Waals surface area (Å²) in [6.45, 7) is 4.26. The van der Waals surface area contributed by atoms with Crippen LogP contribution in [0.4, 0.5) is 5.82 Å². The molecule has 0 aliphatic rings. The molecular weight excluding hydrogens is 230 g/mol. The van der Waals surface area contributed by atoms with Gasteiger partial charge >= 0.3 is 0 Å². The molecule has 18 heavy (non-hydrogen) atoms. The molecule has 0 saturated heterocycles. The first-order chi connectivity index (χ1) is 8.69. The van der Waals surface area contributed by atoms with E-state index in [1.165, 1.54) is 0 Å². The van der Waals surface area contributed by atoms with Crippen LogP contribution in [-0.4, -0.2) is 21.7 Å². The van der Waals surface area contributed by atoms with Gasteiger partial charge in [-0.2, -0.15) is 10.2 Å². The molecule has 2 aromatic rings. The van der Waals surface area contributed by atoms with Gasteiger partial charge in [-0.1, -0.05) is 11.2 Å². The molecule has 0 atom stereocenters. The largest absolute Gasteiger partial charge is 0.370 e. The minimum atomic E-state index is 0.439. The van der Waals surface area contributed by atoms with Crippen molar-refractivity contribution in [3.63, 3.8) is 0 Å². The number of aromatic nitrogens is 3. The molecule has 0 unspecified atom stereocenters. The molecule has 2 rings (SSSR count). The Labute approximate surface area is 105 Å². The van der Waals surface area contributed by atoms with Gasteiger partial charge in [-0.15, -0.1) is 0 Å². The molecule has 6 nitrogen and oxygen atoms in total. The molecule has 6 heteroatoms. The van der Waals surface area contributed by atoms with Crippen LogP contribution in [0.1, 0.15) is 23.0 Å². The van der Waals surface area contributed by atoms with Crippen LogP contribution >= 0.6 is 0 Å². The highest BCUT2D eigenvalue weighted by Crippen LogP contribution is 2.09. The van der Waals surface area contributed by atoms with Crippen LogP contribution in [0.15, 0.2) is 16.7 Å². The first kappa shape index (κ1) is 12.0. The van der Waals surface area contributed by atoms with E-state index in [0.717, 1.165) is 5.56 Å². The number of nitrogens with zero attached hydrogens (tertiary/aromatic N) is 4. The quantitative estimate of drug-likeness (QED) is 0.877. The van der Waals surface area contributed by atoms with E-state index in [4.69, 9.17) is 9.78 Å². The van der Waals surface area contributed by atoms with E-state index in [1.807, 2.05) is 19.1 Å². The van der Waals surface area contributed by atoms with Crippen LogP contribution in [0.2, 0.25) is 0 Å². The predicted octanol–water partition coefficient (Wildman–Crippen LogP) is 1.61. The maximum atomic E-state index is 8.88. The lowest BCUT2D eigenvalue weighted by Crippen LogP contribution is -2.07. The van der Waals surface area contributed by atoms with Crippen molar-refractivity contribution >= 4 is 5.82 Å². The number of aryl methyl sites for hydroxylation is 2. The second-order valence-corrected chi connectivity index (χ2v) is 3.89. The van der Waals surface area contributed by atoms with Crippen molar-refractivity contribution in [2.45, 2.75) is 20.3 Å². The van der Waals surface area contributed by atoms with Gasteiger partial charge in [0.15, 0.2) is 5.82 Å². The molecule has 2 heterocycles. The van der Waals surface area contributed by atoms with Crippen LogP contribution in [0, 0.1) is 25.2 Å². The summed E-state index contributed by atoms with van der Waals surface area (Å²) < 4.78 is 4.99. The van der Waals surface area contributed by atoms with Crippen molar-refractivity contribution in [2.24, 2.45) is 0 Å². The van der Waals surface area contributed by atoms with E-state index in [0.29, 0.717) is 36.2 Å². The number of nitrogens with one attached hydrogen (secondary N) is 1. The Kier molecular flexibility index (Phi) is 3.53. The fourth-order valence-electron chi connectivity index (χ4n) is 1.48. The molecule has 0 spiro atoms. The van der Waals surface area contributed by atoms with E-state index >= 15 is 0 Å². The zero-order valence-corrected chi connectivity index (χ0v) is 10.3. The fourth-order valence-corrected chi connectivity index (χ4v) is 1.48. The minimum absolute atomic E-state index is 0.439. The van der Waals surface area contributed by atoms with Gasteiger partial charge in [0.25, 0.3) is 0 Å². The summed E-state index contributed by atoms with van der Waals surface area (Å²) in [5.41, 5.74) is 1.31. The van der Waals surface area contributed by atoms with Crippen molar-refractivity contribution in [3.05, 3.63) is 35.1 Å². The summed E-state index contributed by atoms with van der Waals surface area (Å²) in [7, 11) is 0. The van der Waals surface area contributed by atoms with Crippen molar-refractivity contribution in [1.29, 1.82) is 5.26 Å². The van der Waals surface area contributed by atoms with E-state index in [2.05, 4.69) is 26.5 Å². The summed E-state index contributed by atoms with van der Waals surface area (Å²) in [5.74, 6) is 1.89. The molecule has 0 aliphatic heterocycles. The number of hydrogen-bond acceptors (Lipinski definition) is 6. The Bertz CT molecular complexity index is 584. The van der Waals surface area contributed by atoms with E-state index in [-0.39, 0.29) is 0 Å². The van der Waals surface area contributed by atoms with E-state index in [1.54, 1.807) is 6.92 Å². The van der Waals surface area contributed by atoms with Gasteiger partial charge in [0.05, 0.1) is 0 Å². The average Bonchev–Trinajstić information content (AvgIpc) is 2.77. The highest BCUT2D eigenvalue weighted by atomic mass is 16.5. The highest BCUT2D eigenvalue weighted by Gasteiger charge is 2.04. The number of anilines is 1. The Morgan fingerprint density at radius 2 is 2.17 bits per heavy atom. The molecular formula is C12H13N5O. The zero-order chi connectivity index (χ0) is 13.0. The van der Waals surface area contributed by atoms with Crippen molar-refractivity contribution in [2.75, 3.05) is 11.9 Å². The standard InChI is InChI=1S/C12H13N5O/c1-8-3-4-11(16-10(8)7-13)14-6-5-12-15-9(2)17-18-12/h3-4H,5-6H2,1-2H3,(H,14,16). The van der Waals surface area contributed by atoms with Crippen LogP contribution in [0.5, 0.6) is 0 Å². The fraction of sp³-hybridized carbons (Fsp3) is 0.333. The second kappa shape index (κ2) is 5.27. The average molecular weight is 243 g/mol. The first-order valence-electron chi connectivity index (χ1n) is 5.60. The molecule has 0 aromatic carbocycles. The maximum absolute atomic E-state index is 8.88. The molecule has 0 amide bonds. The molecule has 1 N–H and O–H groups in total. The van der Waals surface area contributed by atoms with E-state index in [9.17, 15) is 0 Å². The van der Waals surface area contributed by atoms with Crippen LogP contribution in [0.25, 0.3) is 0 Å². The Hall–Kier alpha value is -2.42. The van der Waals surface area contributed by atoms with Crippen LogP contribution in [0.3, 0.4) is 0 Å². The van der Waals surface area contributed by atoms with Gasteiger partial charge in [-0.25, -0.2) is 4.98 Å². The third kappa shape index (κ3) is 2.83. The normalized spacial score (nSPS) is 10.1. The van der Waals surface area contributed by atoms with Gasteiger partial charge in [0.2, 0.25) is 5.89 Å². The summed E-state index contributed by atoms with van der Waals surface area (Å²) in [6.07, 6.45) is 0.623. The SMILES string of the molecule is Cc1noc(CCNc2ccc(C)c(C#N)n2)n1. The number of nitriles is 1. The maximum Gasteiger partial charge on any atom is 0.228 e. The van der Waals surface area contributed by atoms with Gasteiger partial charge in [0, 0.05) is 13.0 Å². The lowest BCUT2D eigenvalue weighted by atomic mass is 10.2. The van der Waals surface area contributed by atoms with Crippen molar-refractivity contribution < 1.29 is 4.52 Å². The molecule has 0 aliphatic carbocycles. The van der Waals surface area contributed by atoms with Crippen molar-refractivity contribution in [3.8, 4) is 6.07 Å². The third-order valence-corrected chi connectivity index (χ3v) is 2.42. The Morgan fingerprint density at radius 1 is 1.33 bits per heavy atom. The molecule has 0 bridgehead atoms. The highest BCUT2D eigenvalue weighted by molar-refractivity contribution is 5.42. The number of pyridine rings is 1. The summed E-state index contributed by atoms with van der Waals surface area (Å²) in [5, 5.41) is 15.7. The smallest absolute Gasteiger partial charge is 0.228 e. The van der Waals surface area contributed by atoms with Crippen LogP contribution < -0.4 is 5.32 Å². The molecule has 2 aromatic heterocycles. The van der Waals surface area contributed by atoms with E-state index < -0.39 is 0 Å². The monoisotopic (exact) mass is 243 g/mol. The molecule has 92 valence electrons. The number of hydrogen-bond donors (Lipinski definition) is 1. The number of rotatable bonds is 4. The zero-order valence-electron chi connectivity index (χ0n) is 10.3. The van der Waals surface area contributed by atoms with Crippen LogP contribution in [-0.2, 0) is 6.42 Å². The molecule has 0 radical (unpaired) electrons. The lowest BCUT2D eigenvalue weighted by molar-refractivity contribution is 0.377. The second-order valence-electron chi connectivity index (χ2n) is 3.89. The topological polar surface area (TPSA) is 87.6 Å². The Balaban J connectivity index is 1.93. The lowest BCUT2D eigenvalue weighted by Gasteiger charge is -2.04. The van der Waals surface area contributed by atoms with Gasteiger partial charge in [-0.05, 0) is 25.5 Å². The third-order valence-electron chi connectivity index (χ3n) is 2.42. The van der Waals surface area contributed by atoms with Gasteiger partial charge in [0.1, 0.15) is 17.6 Å². The minimum Gasteiger partial charge on any atom is -0.370 e.